The van der Waals surface area contributed by atoms with Crippen LogP contribution in [0.3, 0.4) is 0 Å². The van der Waals surface area contributed by atoms with Gasteiger partial charge >= 0.3 is 0 Å². The summed E-state index contributed by atoms with van der Waals surface area (Å²) >= 11 is 0. The molecule has 0 spiro atoms. The van der Waals surface area contributed by atoms with Crippen molar-refractivity contribution in [1.29, 1.82) is 5.26 Å². The fraction of sp³-hybridized carbons (Fsp3) is 0.286. The zero-order valence-electron chi connectivity index (χ0n) is 11.2. The highest BCUT2D eigenvalue weighted by Gasteiger charge is 2.21. The highest BCUT2D eigenvalue weighted by atomic mass is 16.2. The number of nitriles is 1. The van der Waals surface area contributed by atoms with Gasteiger partial charge < -0.3 is 10.7 Å². The number of aromatic nitrogens is 3. The van der Waals surface area contributed by atoms with E-state index in [1.165, 1.54) is 6.20 Å². The van der Waals surface area contributed by atoms with Gasteiger partial charge in [-0.25, -0.2) is 0 Å². The second-order valence-electron chi connectivity index (χ2n) is 5.00. The van der Waals surface area contributed by atoms with Crippen LogP contribution in [-0.4, -0.2) is 20.7 Å². The first kappa shape index (κ1) is 13.1. The Balaban J connectivity index is 2.08. The monoisotopic (exact) mass is 283 g/mol. The molecule has 3 N–H and O–H groups in total. The molecule has 1 aliphatic carbocycles. The first-order valence-electron chi connectivity index (χ1n) is 6.65. The lowest BCUT2D eigenvalue weighted by Crippen LogP contribution is -2.27. The Kier molecular flexibility index (Phi) is 3.06. The van der Waals surface area contributed by atoms with Crippen LogP contribution in [0, 0.1) is 11.3 Å². The summed E-state index contributed by atoms with van der Waals surface area (Å²) in [6.45, 7) is 0. The molecule has 0 fully saturated rings. The van der Waals surface area contributed by atoms with Crippen molar-refractivity contribution < 1.29 is 4.79 Å². The number of hydrogen-bond donors (Lipinski definition) is 2. The van der Waals surface area contributed by atoms with E-state index in [4.69, 9.17) is 11.0 Å². The molecule has 21 heavy (non-hydrogen) atoms. The number of nitrogen functional groups attached to an aromatic ring is 1. The number of aromatic amines is 1. The van der Waals surface area contributed by atoms with Gasteiger partial charge in [0.15, 0.2) is 0 Å². The second kappa shape index (κ2) is 4.90. The molecular formula is C14H13N5O2. The molecule has 3 rings (SSSR count). The maximum atomic E-state index is 12.4. The molecule has 0 unspecified atom stereocenters. The van der Waals surface area contributed by atoms with E-state index in [0.29, 0.717) is 0 Å². The predicted octanol–water partition coefficient (Wildman–Crippen LogP) is 0.593. The van der Waals surface area contributed by atoms with Crippen LogP contribution in [0.15, 0.2) is 17.1 Å². The van der Waals surface area contributed by atoms with Crippen molar-refractivity contribution in [3.8, 4) is 6.07 Å². The summed E-state index contributed by atoms with van der Waals surface area (Å²) < 4.78 is 0.887. The number of H-pyrrole nitrogens is 1. The highest BCUT2D eigenvalue weighted by Crippen LogP contribution is 2.19. The van der Waals surface area contributed by atoms with Gasteiger partial charge in [0.05, 0.1) is 6.20 Å². The molecule has 0 aliphatic heterocycles. The van der Waals surface area contributed by atoms with Gasteiger partial charge in [-0.1, -0.05) is 0 Å². The van der Waals surface area contributed by atoms with Gasteiger partial charge in [-0.3, -0.25) is 9.59 Å². The third-order valence-electron chi connectivity index (χ3n) is 3.69. The molecule has 7 nitrogen and oxygen atoms in total. The maximum Gasteiger partial charge on any atom is 0.285 e. The summed E-state index contributed by atoms with van der Waals surface area (Å²) in [6.07, 6.45) is 4.94. The Morgan fingerprint density at radius 2 is 2.19 bits per heavy atom. The molecule has 0 saturated carbocycles. The Labute approximate surface area is 120 Å². The van der Waals surface area contributed by atoms with Crippen LogP contribution in [0.5, 0.6) is 0 Å². The molecule has 0 aromatic carbocycles. The number of fused-ring (bicyclic) bond motifs is 1. The Morgan fingerprint density at radius 1 is 1.43 bits per heavy atom. The van der Waals surface area contributed by atoms with E-state index in [0.717, 1.165) is 41.6 Å². The standard InChI is InChI=1S/C14H13N5O2/c15-6-9-7-17-19(12(9)16)14(21)10-5-8-3-1-2-4-11(8)18-13(10)20/h5,7H,1-4,16H2,(H,18,20). The quantitative estimate of drug-likeness (QED) is 0.794. The average Bonchev–Trinajstić information content (AvgIpc) is 2.86. The minimum Gasteiger partial charge on any atom is -0.382 e. The van der Waals surface area contributed by atoms with E-state index in [9.17, 15) is 9.59 Å². The van der Waals surface area contributed by atoms with Gasteiger partial charge in [-0.2, -0.15) is 15.0 Å². The lowest BCUT2D eigenvalue weighted by Gasteiger charge is -2.15. The first-order chi connectivity index (χ1) is 10.1. The molecule has 0 atom stereocenters. The molecule has 7 heteroatoms. The second-order valence-corrected chi connectivity index (χ2v) is 5.00. The summed E-state index contributed by atoms with van der Waals surface area (Å²) in [4.78, 5) is 27.2. The van der Waals surface area contributed by atoms with Crippen LogP contribution in [0.4, 0.5) is 5.82 Å². The van der Waals surface area contributed by atoms with E-state index >= 15 is 0 Å². The zero-order chi connectivity index (χ0) is 15.0. The Hall–Kier alpha value is -2.88. The van der Waals surface area contributed by atoms with Crippen molar-refractivity contribution in [2.45, 2.75) is 25.7 Å². The molecule has 2 heterocycles. The van der Waals surface area contributed by atoms with Crippen LogP contribution in [0.25, 0.3) is 0 Å². The maximum absolute atomic E-state index is 12.4. The molecule has 1 aliphatic rings. The number of pyridine rings is 1. The number of carbonyl (C=O) groups excluding carboxylic acids is 1. The largest absolute Gasteiger partial charge is 0.382 e. The minimum atomic E-state index is -0.622. The summed E-state index contributed by atoms with van der Waals surface area (Å²) in [5.74, 6) is -0.678. The van der Waals surface area contributed by atoms with E-state index < -0.39 is 11.5 Å². The number of nitrogens with one attached hydrogen (secondary N) is 1. The molecular weight excluding hydrogens is 270 g/mol. The summed E-state index contributed by atoms with van der Waals surface area (Å²) in [5, 5.41) is 12.6. The van der Waals surface area contributed by atoms with Crippen molar-refractivity contribution in [2.75, 3.05) is 5.73 Å². The third-order valence-corrected chi connectivity index (χ3v) is 3.69. The lowest BCUT2D eigenvalue weighted by molar-refractivity contribution is 0.0946. The van der Waals surface area contributed by atoms with Gasteiger partial charge in [0, 0.05) is 5.69 Å². The minimum absolute atomic E-state index is 0.00469. The number of hydrogen-bond acceptors (Lipinski definition) is 5. The van der Waals surface area contributed by atoms with E-state index in [-0.39, 0.29) is 16.9 Å². The topological polar surface area (TPSA) is 118 Å². The molecule has 0 bridgehead atoms. The van der Waals surface area contributed by atoms with Crippen molar-refractivity contribution in [1.82, 2.24) is 14.8 Å². The molecule has 0 radical (unpaired) electrons. The SMILES string of the molecule is N#Cc1cnn(C(=O)c2cc3c([nH]c2=O)CCCC3)c1N. The van der Waals surface area contributed by atoms with Crippen LogP contribution in [0.1, 0.15) is 40.0 Å². The normalized spacial score (nSPS) is 13.5. The summed E-state index contributed by atoms with van der Waals surface area (Å²) in [5.41, 5.74) is 7.22. The van der Waals surface area contributed by atoms with Gasteiger partial charge in [-0.05, 0) is 37.3 Å². The van der Waals surface area contributed by atoms with Gasteiger partial charge in [0.1, 0.15) is 23.0 Å². The molecule has 0 amide bonds. The molecule has 2 aromatic rings. The average molecular weight is 283 g/mol. The summed E-state index contributed by atoms with van der Waals surface area (Å²) in [6, 6.07) is 3.45. The van der Waals surface area contributed by atoms with Crippen molar-refractivity contribution in [3.05, 3.63) is 45.0 Å². The smallest absolute Gasteiger partial charge is 0.285 e. The van der Waals surface area contributed by atoms with E-state index in [1.807, 2.05) is 6.07 Å². The zero-order valence-corrected chi connectivity index (χ0v) is 11.2. The van der Waals surface area contributed by atoms with Crippen LogP contribution in [0.2, 0.25) is 0 Å². The number of rotatable bonds is 1. The van der Waals surface area contributed by atoms with E-state index in [2.05, 4.69) is 10.1 Å². The van der Waals surface area contributed by atoms with Crippen LogP contribution >= 0.6 is 0 Å². The predicted molar refractivity (Wildman–Crippen MR) is 74.8 cm³/mol. The van der Waals surface area contributed by atoms with Gasteiger partial charge in [0.25, 0.3) is 11.5 Å². The number of carbonyl (C=O) groups is 1. The third kappa shape index (κ3) is 2.10. The first-order valence-corrected chi connectivity index (χ1v) is 6.65. The van der Waals surface area contributed by atoms with Gasteiger partial charge in [0.2, 0.25) is 0 Å². The van der Waals surface area contributed by atoms with Crippen LogP contribution < -0.4 is 11.3 Å². The molecule has 106 valence electrons. The van der Waals surface area contributed by atoms with Crippen molar-refractivity contribution in [3.63, 3.8) is 0 Å². The molecule has 0 saturated heterocycles. The molecule has 2 aromatic heterocycles. The number of anilines is 1. The number of nitrogens with zero attached hydrogens (tertiary/aromatic N) is 3. The fourth-order valence-electron chi connectivity index (χ4n) is 2.55. The lowest BCUT2D eigenvalue weighted by atomic mass is 9.95. The van der Waals surface area contributed by atoms with Gasteiger partial charge in [-0.15, -0.1) is 0 Å². The van der Waals surface area contributed by atoms with Crippen LogP contribution in [-0.2, 0) is 12.8 Å². The van der Waals surface area contributed by atoms with Crippen molar-refractivity contribution in [2.24, 2.45) is 0 Å². The Bertz CT molecular complexity index is 825. The number of aryl methyl sites for hydroxylation is 2. The Morgan fingerprint density at radius 3 is 2.90 bits per heavy atom. The van der Waals surface area contributed by atoms with E-state index in [1.54, 1.807) is 6.07 Å². The highest BCUT2D eigenvalue weighted by molar-refractivity contribution is 5.97. The number of nitrogens with two attached hydrogens (primary N) is 1. The summed E-state index contributed by atoms with van der Waals surface area (Å²) in [7, 11) is 0. The fourth-order valence-corrected chi connectivity index (χ4v) is 2.55. The van der Waals surface area contributed by atoms with Crippen molar-refractivity contribution >= 4 is 11.7 Å².